The average Bonchev–Trinajstić information content (AvgIpc) is 2.42. The normalized spacial score (nSPS) is 21.5. The number of hydrogen-bond donors (Lipinski definition) is 1. The fourth-order valence-electron chi connectivity index (χ4n) is 2.59. The molecule has 5 heteroatoms. The second-order valence-electron chi connectivity index (χ2n) is 5.50. The first-order chi connectivity index (χ1) is 9.49. The first-order valence-corrected chi connectivity index (χ1v) is 6.98. The highest BCUT2D eigenvalue weighted by molar-refractivity contribution is 5.94. The van der Waals surface area contributed by atoms with Gasteiger partial charge in [0.05, 0.1) is 6.04 Å². The second kappa shape index (κ2) is 6.31. The van der Waals surface area contributed by atoms with Crippen LogP contribution < -0.4 is 5.32 Å². The zero-order valence-corrected chi connectivity index (χ0v) is 11.8. The lowest BCUT2D eigenvalue weighted by molar-refractivity contribution is -0.121. The van der Waals surface area contributed by atoms with Crippen molar-refractivity contribution < 1.29 is 13.6 Å². The van der Waals surface area contributed by atoms with E-state index in [0.717, 1.165) is 38.1 Å². The SMILES string of the molecule is C[C@@H]1CCCN([C@@H](C)C(=O)Nc2c(F)cccc2F)C1. The largest absolute Gasteiger partial charge is 0.320 e. The van der Waals surface area contributed by atoms with Gasteiger partial charge in [0.15, 0.2) is 0 Å². The molecule has 20 heavy (non-hydrogen) atoms. The van der Waals surface area contributed by atoms with E-state index in [2.05, 4.69) is 17.1 Å². The van der Waals surface area contributed by atoms with Gasteiger partial charge >= 0.3 is 0 Å². The molecule has 2 rings (SSSR count). The van der Waals surface area contributed by atoms with Gasteiger partial charge in [-0.3, -0.25) is 9.69 Å². The molecule has 1 saturated heterocycles. The molecule has 0 spiro atoms. The van der Waals surface area contributed by atoms with E-state index in [1.807, 2.05) is 0 Å². The van der Waals surface area contributed by atoms with E-state index in [4.69, 9.17) is 0 Å². The zero-order chi connectivity index (χ0) is 14.7. The molecule has 0 aliphatic carbocycles. The molecule has 3 nitrogen and oxygen atoms in total. The van der Waals surface area contributed by atoms with Crippen LogP contribution in [0.15, 0.2) is 18.2 Å². The highest BCUT2D eigenvalue weighted by atomic mass is 19.1. The Morgan fingerprint density at radius 1 is 1.40 bits per heavy atom. The molecule has 1 aromatic rings. The van der Waals surface area contributed by atoms with Gasteiger partial charge in [-0.15, -0.1) is 0 Å². The number of carbonyl (C=O) groups excluding carboxylic acids is 1. The minimum Gasteiger partial charge on any atom is -0.320 e. The van der Waals surface area contributed by atoms with Crippen LogP contribution in [0.4, 0.5) is 14.5 Å². The van der Waals surface area contributed by atoms with Crippen molar-refractivity contribution in [2.75, 3.05) is 18.4 Å². The summed E-state index contributed by atoms with van der Waals surface area (Å²) < 4.78 is 27.0. The Balaban J connectivity index is 2.04. The number of hydrogen-bond acceptors (Lipinski definition) is 2. The maximum absolute atomic E-state index is 13.5. The maximum Gasteiger partial charge on any atom is 0.241 e. The standard InChI is InChI=1S/C15H20F2N2O/c1-10-5-4-8-19(9-10)11(2)15(20)18-14-12(16)6-3-7-13(14)17/h3,6-7,10-11H,4-5,8-9H2,1-2H3,(H,18,20)/t10-,11+/m1/s1. The Bertz CT molecular complexity index is 473. The summed E-state index contributed by atoms with van der Waals surface area (Å²) in [4.78, 5) is 14.2. The molecular formula is C15H20F2N2O. The van der Waals surface area contributed by atoms with E-state index < -0.39 is 17.7 Å². The predicted octanol–water partition coefficient (Wildman–Crippen LogP) is 3.02. The van der Waals surface area contributed by atoms with E-state index in [9.17, 15) is 13.6 Å². The predicted molar refractivity (Wildman–Crippen MR) is 74.4 cm³/mol. The number of anilines is 1. The summed E-state index contributed by atoms with van der Waals surface area (Å²) in [6.07, 6.45) is 2.21. The van der Waals surface area contributed by atoms with Crippen molar-refractivity contribution in [2.24, 2.45) is 5.92 Å². The molecular weight excluding hydrogens is 262 g/mol. The van der Waals surface area contributed by atoms with Gasteiger partial charge in [0, 0.05) is 6.54 Å². The lowest BCUT2D eigenvalue weighted by atomic mass is 9.99. The van der Waals surface area contributed by atoms with Gasteiger partial charge in [-0.05, 0) is 44.4 Å². The van der Waals surface area contributed by atoms with Crippen molar-refractivity contribution in [1.82, 2.24) is 4.90 Å². The molecule has 0 bridgehead atoms. The van der Waals surface area contributed by atoms with Crippen molar-refractivity contribution in [3.8, 4) is 0 Å². The second-order valence-corrected chi connectivity index (χ2v) is 5.50. The number of amides is 1. The Labute approximate surface area is 118 Å². The Hall–Kier alpha value is -1.49. The number of benzene rings is 1. The van der Waals surface area contributed by atoms with Gasteiger partial charge in [-0.2, -0.15) is 0 Å². The highest BCUT2D eigenvalue weighted by Crippen LogP contribution is 2.21. The third-order valence-corrected chi connectivity index (χ3v) is 3.83. The van der Waals surface area contributed by atoms with E-state index in [1.165, 1.54) is 6.07 Å². The molecule has 1 amide bonds. The molecule has 1 heterocycles. The summed E-state index contributed by atoms with van der Waals surface area (Å²) in [6, 6.07) is 3.14. The van der Waals surface area contributed by atoms with E-state index in [0.29, 0.717) is 5.92 Å². The lowest BCUT2D eigenvalue weighted by Crippen LogP contribution is -2.46. The minimum atomic E-state index is -0.752. The highest BCUT2D eigenvalue weighted by Gasteiger charge is 2.26. The molecule has 2 atom stereocenters. The third-order valence-electron chi connectivity index (χ3n) is 3.83. The monoisotopic (exact) mass is 282 g/mol. The van der Waals surface area contributed by atoms with E-state index in [-0.39, 0.29) is 11.6 Å². The minimum absolute atomic E-state index is 0.366. The van der Waals surface area contributed by atoms with Gasteiger partial charge < -0.3 is 5.32 Å². The molecule has 1 N–H and O–H groups in total. The van der Waals surface area contributed by atoms with E-state index in [1.54, 1.807) is 6.92 Å². The summed E-state index contributed by atoms with van der Waals surface area (Å²) in [5.41, 5.74) is -0.366. The molecule has 1 aromatic carbocycles. The molecule has 0 saturated carbocycles. The van der Waals surface area contributed by atoms with Crippen molar-refractivity contribution in [3.05, 3.63) is 29.8 Å². The molecule has 0 unspecified atom stereocenters. The van der Waals surface area contributed by atoms with Gasteiger partial charge in [-0.1, -0.05) is 13.0 Å². The number of rotatable bonds is 3. The van der Waals surface area contributed by atoms with Crippen molar-refractivity contribution in [3.63, 3.8) is 0 Å². The van der Waals surface area contributed by atoms with Crippen LogP contribution >= 0.6 is 0 Å². The summed E-state index contributed by atoms with van der Waals surface area (Å²) in [5.74, 6) is -1.33. The summed E-state index contributed by atoms with van der Waals surface area (Å²) in [6.45, 7) is 5.60. The number of carbonyl (C=O) groups is 1. The fraction of sp³-hybridized carbons (Fsp3) is 0.533. The van der Waals surface area contributed by atoms with Gasteiger partial charge in [0.1, 0.15) is 17.3 Å². The summed E-state index contributed by atoms with van der Waals surface area (Å²) >= 11 is 0. The van der Waals surface area contributed by atoms with Crippen LogP contribution in [0.1, 0.15) is 26.7 Å². The van der Waals surface area contributed by atoms with Crippen LogP contribution in [-0.4, -0.2) is 29.9 Å². The summed E-state index contributed by atoms with van der Waals surface area (Å²) in [7, 11) is 0. The van der Waals surface area contributed by atoms with Gasteiger partial charge in [0.25, 0.3) is 0 Å². The fourth-order valence-corrected chi connectivity index (χ4v) is 2.59. The maximum atomic E-state index is 13.5. The molecule has 1 aliphatic heterocycles. The van der Waals surface area contributed by atoms with Crippen LogP contribution in [0, 0.1) is 17.6 Å². The molecule has 110 valence electrons. The molecule has 1 fully saturated rings. The smallest absolute Gasteiger partial charge is 0.241 e. The quantitative estimate of drug-likeness (QED) is 0.924. The lowest BCUT2D eigenvalue weighted by Gasteiger charge is -2.34. The number of para-hydroxylation sites is 1. The topological polar surface area (TPSA) is 32.3 Å². The first kappa shape index (κ1) is 14.9. The van der Waals surface area contributed by atoms with Crippen LogP contribution in [-0.2, 0) is 4.79 Å². The van der Waals surface area contributed by atoms with E-state index >= 15 is 0 Å². The third kappa shape index (κ3) is 3.33. The number of halogens is 2. The van der Waals surface area contributed by atoms with Crippen molar-refractivity contribution >= 4 is 11.6 Å². The molecule has 0 aromatic heterocycles. The Morgan fingerprint density at radius 3 is 2.65 bits per heavy atom. The van der Waals surface area contributed by atoms with Gasteiger partial charge in [-0.25, -0.2) is 8.78 Å². The first-order valence-electron chi connectivity index (χ1n) is 6.98. The number of likely N-dealkylation sites (tertiary alicyclic amines) is 1. The number of nitrogens with zero attached hydrogens (tertiary/aromatic N) is 1. The molecule has 1 aliphatic rings. The van der Waals surface area contributed by atoms with Crippen LogP contribution in [0.2, 0.25) is 0 Å². The van der Waals surface area contributed by atoms with Gasteiger partial charge in [0.2, 0.25) is 5.91 Å². The Kier molecular flexibility index (Phi) is 4.70. The summed E-state index contributed by atoms with van der Waals surface area (Å²) in [5, 5.41) is 2.36. The van der Waals surface area contributed by atoms with Crippen molar-refractivity contribution in [1.29, 1.82) is 0 Å². The Morgan fingerprint density at radius 2 is 2.05 bits per heavy atom. The van der Waals surface area contributed by atoms with Crippen LogP contribution in [0.3, 0.4) is 0 Å². The van der Waals surface area contributed by atoms with Crippen LogP contribution in [0.25, 0.3) is 0 Å². The average molecular weight is 282 g/mol. The zero-order valence-electron chi connectivity index (χ0n) is 11.8. The van der Waals surface area contributed by atoms with Crippen LogP contribution in [0.5, 0.6) is 0 Å². The van der Waals surface area contributed by atoms with Crippen molar-refractivity contribution in [2.45, 2.75) is 32.7 Å². The number of nitrogens with one attached hydrogen (secondary N) is 1. The number of piperidine rings is 1. The molecule has 0 radical (unpaired) electrons.